The van der Waals surface area contributed by atoms with E-state index < -0.39 is 10.1 Å². The van der Waals surface area contributed by atoms with Crippen LogP contribution in [0.3, 0.4) is 0 Å². The van der Waals surface area contributed by atoms with Crippen LogP contribution in [-0.2, 0) is 10.1 Å². The van der Waals surface area contributed by atoms with Crippen molar-refractivity contribution in [2.45, 2.75) is 4.90 Å². The number of anilines is 1. The lowest BCUT2D eigenvalue weighted by molar-refractivity contribution is 0.103. The molecule has 0 spiro atoms. The van der Waals surface area contributed by atoms with Gasteiger partial charge in [0.05, 0.1) is 17.6 Å². The highest BCUT2D eigenvalue weighted by atomic mass is 32.2. The van der Waals surface area contributed by atoms with E-state index in [1.165, 1.54) is 12.3 Å². The first-order valence-electron chi connectivity index (χ1n) is 11.2. The first-order chi connectivity index (χ1) is 17.8. The van der Waals surface area contributed by atoms with Gasteiger partial charge in [-0.05, 0) is 18.2 Å². The summed E-state index contributed by atoms with van der Waals surface area (Å²) < 4.78 is 33.5. The second-order valence-electron chi connectivity index (χ2n) is 8.20. The minimum atomic E-state index is -4.50. The summed E-state index contributed by atoms with van der Waals surface area (Å²) in [5, 5.41) is 8.98. The molecule has 3 N–H and O–H groups in total. The van der Waals surface area contributed by atoms with Gasteiger partial charge in [0.1, 0.15) is 16.3 Å². The van der Waals surface area contributed by atoms with Crippen molar-refractivity contribution in [3.05, 3.63) is 114 Å². The van der Waals surface area contributed by atoms with E-state index in [9.17, 15) is 17.8 Å². The molecule has 1 heterocycles. The van der Waals surface area contributed by atoms with E-state index in [1.54, 1.807) is 60.7 Å². The van der Waals surface area contributed by atoms with Crippen LogP contribution in [0.4, 0.5) is 17.1 Å². The van der Waals surface area contributed by atoms with Crippen molar-refractivity contribution in [1.29, 1.82) is 0 Å². The molecule has 0 atom stereocenters. The van der Waals surface area contributed by atoms with Crippen molar-refractivity contribution in [2.75, 3.05) is 5.73 Å². The van der Waals surface area contributed by atoms with Gasteiger partial charge in [-0.1, -0.05) is 78.9 Å². The van der Waals surface area contributed by atoms with Crippen LogP contribution in [0.1, 0.15) is 15.9 Å². The molecule has 5 rings (SSSR count). The summed E-state index contributed by atoms with van der Waals surface area (Å²) in [6, 6.07) is 27.5. The summed E-state index contributed by atoms with van der Waals surface area (Å²) in [6.45, 7) is 0. The SMILES string of the molecule is Nc1c(N=Nc2ccc(-c3ccc(C(=O)c4ccccc4)cc3)nc2)cc(S(=O)(=O)O)c2ccccc12. The number of nitrogens with two attached hydrogens (primary N) is 1. The molecule has 0 unspecified atom stereocenters. The summed E-state index contributed by atoms with van der Waals surface area (Å²) in [7, 11) is -4.50. The molecule has 9 heteroatoms. The van der Waals surface area contributed by atoms with Crippen molar-refractivity contribution in [2.24, 2.45) is 10.2 Å². The number of azo groups is 1. The molecule has 8 nitrogen and oxygen atoms in total. The van der Waals surface area contributed by atoms with E-state index in [2.05, 4.69) is 15.2 Å². The maximum Gasteiger partial charge on any atom is 0.295 e. The lowest BCUT2D eigenvalue weighted by Crippen LogP contribution is -2.01. The average Bonchev–Trinajstić information content (AvgIpc) is 2.92. The van der Waals surface area contributed by atoms with Gasteiger partial charge in [-0.15, -0.1) is 10.2 Å². The molecule has 0 aliphatic carbocycles. The zero-order chi connectivity index (χ0) is 26.0. The van der Waals surface area contributed by atoms with Crippen LogP contribution in [0.5, 0.6) is 0 Å². The van der Waals surface area contributed by atoms with Crippen molar-refractivity contribution in [1.82, 2.24) is 4.98 Å². The van der Waals surface area contributed by atoms with E-state index in [0.29, 0.717) is 33.3 Å². The van der Waals surface area contributed by atoms with Gasteiger partial charge in [0.25, 0.3) is 10.1 Å². The molecular formula is C28H20N4O4S. The number of hydrogen-bond donors (Lipinski definition) is 2. The number of ketones is 1. The third-order valence-corrected chi connectivity index (χ3v) is 6.70. The van der Waals surface area contributed by atoms with Gasteiger partial charge in [-0.2, -0.15) is 8.42 Å². The molecule has 0 bridgehead atoms. The Bertz CT molecular complexity index is 1750. The quantitative estimate of drug-likeness (QED) is 0.118. The van der Waals surface area contributed by atoms with E-state index >= 15 is 0 Å². The Kier molecular flexibility index (Phi) is 6.31. The van der Waals surface area contributed by atoms with Crippen LogP contribution in [0, 0.1) is 0 Å². The lowest BCUT2D eigenvalue weighted by atomic mass is 10.0. The summed E-state index contributed by atoms with van der Waals surface area (Å²) >= 11 is 0. The first-order valence-corrected chi connectivity index (χ1v) is 12.6. The molecule has 5 aromatic rings. The number of nitrogen functional groups attached to an aromatic ring is 1. The molecule has 4 aromatic carbocycles. The maximum atomic E-state index is 12.6. The summed E-state index contributed by atoms with van der Waals surface area (Å²) in [4.78, 5) is 16.7. The Labute approximate surface area is 212 Å². The Morgan fingerprint density at radius 3 is 2.08 bits per heavy atom. The molecular weight excluding hydrogens is 488 g/mol. The standard InChI is InChI=1S/C28H20N4O4S/c29-27-23-9-5-4-8-22(23)26(37(34,35)36)16-25(27)32-31-21-14-15-24(30-17-21)18-10-12-20(13-11-18)28(33)19-6-2-1-3-7-19/h1-17H,29H2,(H,34,35,36). The number of nitrogens with zero attached hydrogens (tertiary/aromatic N) is 3. The van der Waals surface area contributed by atoms with E-state index in [1.807, 2.05) is 30.3 Å². The number of rotatable bonds is 6. The number of fused-ring (bicyclic) bond motifs is 1. The third-order valence-electron chi connectivity index (χ3n) is 5.80. The minimum Gasteiger partial charge on any atom is -0.396 e. The van der Waals surface area contributed by atoms with Crippen molar-refractivity contribution < 1.29 is 17.8 Å². The fourth-order valence-corrected chi connectivity index (χ4v) is 4.64. The first kappa shape index (κ1) is 24.0. The predicted octanol–water partition coefficient (Wildman–Crippen LogP) is 6.38. The highest BCUT2D eigenvalue weighted by molar-refractivity contribution is 7.86. The maximum absolute atomic E-state index is 12.6. The minimum absolute atomic E-state index is 0.0546. The number of carbonyl (C=O) groups excluding carboxylic acids is 1. The molecule has 0 fully saturated rings. The highest BCUT2D eigenvalue weighted by Crippen LogP contribution is 2.36. The van der Waals surface area contributed by atoms with Gasteiger partial charge >= 0.3 is 0 Å². The molecule has 0 saturated carbocycles. The van der Waals surface area contributed by atoms with Crippen LogP contribution in [0.25, 0.3) is 22.0 Å². The largest absolute Gasteiger partial charge is 0.396 e. The predicted molar refractivity (Wildman–Crippen MR) is 142 cm³/mol. The van der Waals surface area contributed by atoms with Gasteiger partial charge in [0, 0.05) is 27.5 Å². The normalized spacial score (nSPS) is 11.7. The fourth-order valence-electron chi connectivity index (χ4n) is 3.92. The van der Waals surface area contributed by atoms with Gasteiger partial charge in [-0.3, -0.25) is 14.3 Å². The summed E-state index contributed by atoms with van der Waals surface area (Å²) in [6.07, 6.45) is 1.52. The van der Waals surface area contributed by atoms with E-state index in [0.717, 1.165) is 5.56 Å². The monoisotopic (exact) mass is 508 g/mol. The van der Waals surface area contributed by atoms with E-state index in [4.69, 9.17) is 5.73 Å². The second-order valence-corrected chi connectivity index (χ2v) is 9.59. The molecule has 0 saturated heterocycles. The molecule has 0 aliphatic heterocycles. The van der Waals surface area contributed by atoms with Crippen LogP contribution >= 0.6 is 0 Å². The van der Waals surface area contributed by atoms with Crippen molar-refractivity contribution >= 4 is 43.7 Å². The molecule has 37 heavy (non-hydrogen) atoms. The van der Waals surface area contributed by atoms with Gasteiger partial charge < -0.3 is 5.73 Å². The fraction of sp³-hybridized carbons (Fsp3) is 0. The van der Waals surface area contributed by atoms with Crippen molar-refractivity contribution in [3.63, 3.8) is 0 Å². The zero-order valence-electron chi connectivity index (χ0n) is 19.3. The number of benzene rings is 4. The number of hydrogen-bond acceptors (Lipinski definition) is 7. The topological polar surface area (TPSA) is 135 Å². The van der Waals surface area contributed by atoms with Crippen LogP contribution in [-0.4, -0.2) is 23.7 Å². The number of pyridine rings is 1. The lowest BCUT2D eigenvalue weighted by Gasteiger charge is -2.09. The average molecular weight is 509 g/mol. The summed E-state index contributed by atoms with van der Waals surface area (Å²) in [5.74, 6) is -0.0546. The second kappa shape index (κ2) is 9.73. The molecule has 0 aliphatic rings. The highest BCUT2D eigenvalue weighted by Gasteiger charge is 2.18. The number of aromatic nitrogens is 1. The van der Waals surface area contributed by atoms with Gasteiger partial charge in [-0.25, -0.2) is 0 Å². The third kappa shape index (κ3) is 4.99. The Morgan fingerprint density at radius 2 is 1.43 bits per heavy atom. The van der Waals surface area contributed by atoms with Crippen LogP contribution in [0.15, 0.2) is 118 Å². The Morgan fingerprint density at radius 1 is 0.784 bits per heavy atom. The van der Waals surface area contributed by atoms with Crippen LogP contribution < -0.4 is 5.73 Å². The van der Waals surface area contributed by atoms with E-state index in [-0.39, 0.29) is 22.1 Å². The van der Waals surface area contributed by atoms with Crippen LogP contribution in [0.2, 0.25) is 0 Å². The number of carbonyl (C=O) groups is 1. The van der Waals surface area contributed by atoms with Gasteiger partial charge in [0.2, 0.25) is 0 Å². The Balaban J connectivity index is 1.39. The molecule has 0 radical (unpaired) electrons. The Hall–Kier alpha value is -4.73. The summed E-state index contributed by atoms with van der Waals surface area (Å²) in [5.41, 5.74) is 9.66. The molecule has 182 valence electrons. The molecule has 0 amide bonds. The molecule has 1 aromatic heterocycles. The van der Waals surface area contributed by atoms with Gasteiger partial charge in [0.15, 0.2) is 5.78 Å². The smallest absolute Gasteiger partial charge is 0.295 e. The zero-order valence-corrected chi connectivity index (χ0v) is 20.1. The van der Waals surface area contributed by atoms with Crippen molar-refractivity contribution in [3.8, 4) is 11.3 Å².